The number of amides is 1. The summed E-state index contributed by atoms with van der Waals surface area (Å²) in [5.74, 6) is -0.811. The van der Waals surface area contributed by atoms with Gasteiger partial charge >= 0.3 is 0 Å². The Hall–Kier alpha value is -1.02. The normalized spacial score (nSPS) is 28.7. The van der Waals surface area contributed by atoms with E-state index in [4.69, 9.17) is 5.73 Å². The number of β-lactam (4-membered cyclic amide) rings is 1. The van der Waals surface area contributed by atoms with Gasteiger partial charge in [0, 0.05) is 36.3 Å². The van der Waals surface area contributed by atoms with Crippen molar-refractivity contribution in [3.63, 3.8) is 0 Å². The van der Waals surface area contributed by atoms with Crippen LogP contribution in [0.25, 0.3) is 0 Å². The highest BCUT2D eigenvalue weighted by Crippen LogP contribution is 2.42. The number of rotatable bonds is 4. The maximum absolute atomic E-state index is 11.7. The minimum absolute atomic E-state index is 0. The summed E-state index contributed by atoms with van der Waals surface area (Å²) in [5.41, 5.74) is 4.73. The van der Waals surface area contributed by atoms with Gasteiger partial charge in [-0.3, -0.25) is 4.79 Å². The lowest BCUT2D eigenvalue weighted by Crippen LogP contribution is -2.73. The predicted molar refractivity (Wildman–Crippen MR) is 89.1 cm³/mol. The highest BCUT2D eigenvalue weighted by molar-refractivity contribution is 8.00. The number of hydrogen-bond donors (Lipinski definition) is 1. The number of carbonyl (C=O) groups is 2. The number of thioether (sulfide) groups is 1. The van der Waals surface area contributed by atoms with Crippen LogP contribution in [-0.4, -0.2) is 40.5 Å². The van der Waals surface area contributed by atoms with E-state index in [0.717, 1.165) is 0 Å². The number of halogens is 2. The number of pyridine rings is 1. The van der Waals surface area contributed by atoms with Gasteiger partial charge in [-0.25, -0.2) is 4.57 Å². The molecule has 0 bridgehead atoms. The van der Waals surface area contributed by atoms with Gasteiger partial charge in [-0.2, -0.15) is 0 Å². The monoisotopic (exact) mass is 379 g/mol. The maximum Gasteiger partial charge on any atom is 0.243 e. The highest BCUT2D eigenvalue weighted by atomic mass is 35.5. The fraction of sp³-hybridized carbons (Fsp3) is 0.500. The molecule has 1 aromatic rings. The van der Waals surface area contributed by atoms with Crippen LogP contribution in [0.3, 0.4) is 0 Å². The molecule has 2 N–H and O–H groups in total. The molecule has 6 nitrogen and oxygen atoms in total. The molecule has 2 aliphatic heterocycles. The summed E-state index contributed by atoms with van der Waals surface area (Å²) in [6.45, 7) is 0.779. The summed E-state index contributed by atoms with van der Waals surface area (Å²) >= 11 is 1.45. The maximum atomic E-state index is 11.7. The molecule has 1 aromatic heterocycles. The molecule has 3 heterocycles. The van der Waals surface area contributed by atoms with Crippen molar-refractivity contribution in [2.75, 3.05) is 12.3 Å². The standard InChI is InChI=1S/C14H17N3O3S.2ClH/c15-10-11(18)17-8-14(13(19)20,9-21-12(10)17)4-7-16-5-2-1-3-6-16;;/h1-3,5-6,10,12H,4,7-9,15H2;2*1H/t10?,12-,14?;;/m1../s1. The van der Waals surface area contributed by atoms with E-state index in [1.165, 1.54) is 11.8 Å². The first-order chi connectivity index (χ1) is 10.0. The van der Waals surface area contributed by atoms with Crippen LogP contribution in [0.15, 0.2) is 30.6 Å². The Kier molecular flexibility index (Phi) is 6.70. The first-order valence-electron chi connectivity index (χ1n) is 6.87. The van der Waals surface area contributed by atoms with Crippen molar-refractivity contribution in [3.8, 4) is 0 Å². The molecular formula is C14H19Cl2N3O3S. The molecule has 0 radical (unpaired) electrons. The number of aryl methyl sites for hydroxylation is 1. The first-order valence-corrected chi connectivity index (χ1v) is 7.92. The Morgan fingerprint density at radius 1 is 1.39 bits per heavy atom. The second kappa shape index (κ2) is 7.70. The molecule has 2 saturated heterocycles. The van der Waals surface area contributed by atoms with Crippen LogP contribution in [0.5, 0.6) is 0 Å². The summed E-state index contributed by atoms with van der Waals surface area (Å²) < 4.78 is 1.94. The quantitative estimate of drug-likeness (QED) is 0.545. The van der Waals surface area contributed by atoms with Crippen molar-refractivity contribution in [1.82, 2.24) is 4.90 Å². The van der Waals surface area contributed by atoms with Gasteiger partial charge in [0.15, 0.2) is 12.4 Å². The van der Waals surface area contributed by atoms with Crippen LogP contribution in [0, 0.1) is 5.41 Å². The lowest BCUT2D eigenvalue weighted by atomic mass is 9.84. The van der Waals surface area contributed by atoms with Crippen molar-refractivity contribution >= 4 is 48.5 Å². The van der Waals surface area contributed by atoms with Crippen LogP contribution in [0.4, 0.5) is 0 Å². The fourth-order valence-electron chi connectivity index (χ4n) is 2.83. The molecule has 3 rings (SSSR count). The number of aliphatic carboxylic acids is 1. The largest absolute Gasteiger partial charge is 0.549 e. The van der Waals surface area contributed by atoms with Gasteiger partial charge in [-0.15, -0.1) is 36.6 Å². The molecule has 2 unspecified atom stereocenters. The molecule has 9 heteroatoms. The van der Waals surface area contributed by atoms with Crippen LogP contribution in [0.1, 0.15) is 6.42 Å². The average molecular weight is 380 g/mol. The van der Waals surface area contributed by atoms with Crippen molar-refractivity contribution in [2.24, 2.45) is 11.1 Å². The lowest BCUT2D eigenvalue weighted by Gasteiger charge is -2.54. The van der Waals surface area contributed by atoms with Crippen molar-refractivity contribution < 1.29 is 19.3 Å². The SMILES string of the molecule is Cl.Cl.NC1C(=O)N2CC(CC[n+]3ccccc3)(C(=O)[O-])CS[C@H]12. The Morgan fingerprint density at radius 2 is 2.04 bits per heavy atom. The Labute approximate surface area is 151 Å². The summed E-state index contributed by atoms with van der Waals surface area (Å²) in [5, 5.41) is 11.6. The van der Waals surface area contributed by atoms with Gasteiger partial charge < -0.3 is 20.5 Å². The van der Waals surface area contributed by atoms with E-state index in [0.29, 0.717) is 18.7 Å². The van der Waals surface area contributed by atoms with Crippen LogP contribution in [0.2, 0.25) is 0 Å². The molecule has 0 aliphatic carbocycles. The van der Waals surface area contributed by atoms with Crippen molar-refractivity contribution in [3.05, 3.63) is 30.6 Å². The number of carbonyl (C=O) groups excluding carboxylic acids is 2. The van der Waals surface area contributed by atoms with Crippen LogP contribution in [-0.2, 0) is 16.1 Å². The van der Waals surface area contributed by atoms with E-state index < -0.39 is 17.4 Å². The summed E-state index contributed by atoms with van der Waals surface area (Å²) in [6.07, 6.45) is 4.22. The highest BCUT2D eigenvalue weighted by Gasteiger charge is 2.53. The molecule has 3 atom stereocenters. The number of fused-ring (bicyclic) bond motifs is 1. The number of aromatic nitrogens is 1. The lowest BCUT2D eigenvalue weighted by molar-refractivity contribution is -0.698. The van der Waals surface area contributed by atoms with Gasteiger partial charge in [0.25, 0.3) is 0 Å². The van der Waals surface area contributed by atoms with E-state index in [1.54, 1.807) is 4.90 Å². The second-order valence-corrected chi connectivity index (χ2v) is 6.73. The van der Waals surface area contributed by atoms with Crippen molar-refractivity contribution in [2.45, 2.75) is 24.4 Å². The molecule has 2 fully saturated rings. The van der Waals surface area contributed by atoms with E-state index >= 15 is 0 Å². The zero-order valence-electron chi connectivity index (χ0n) is 12.3. The second-order valence-electron chi connectivity index (χ2n) is 5.62. The predicted octanol–water partition coefficient (Wildman–Crippen LogP) is -0.813. The number of nitrogens with zero attached hydrogens (tertiary/aromatic N) is 2. The van der Waals surface area contributed by atoms with E-state index in [2.05, 4.69) is 0 Å². The number of carboxylic acids is 1. The van der Waals surface area contributed by atoms with Crippen LogP contribution >= 0.6 is 36.6 Å². The number of carboxylic acid groups (broad SMARTS) is 1. The van der Waals surface area contributed by atoms with Gasteiger partial charge in [0.1, 0.15) is 18.0 Å². The minimum atomic E-state index is -1.08. The Balaban J connectivity index is 0.00000132. The molecular weight excluding hydrogens is 361 g/mol. The Bertz CT molecular complexity index is 578. The zero-order chi connectivity index (χ0) is 15.0. The smallest absolute Gasteiger partial charge is 0.243 e. The fourth-order valence-corrected chi connectivity index (χ4v) is 4.36. The third-order valence-corrected chi connectivity index (χ3v) is 5.85. The van der Waals surface area contributed by atoms with Crippen LogP contribution < -0.4 is 15.4 Å². The van der Waals surface area contributed by atoms with E-state index in [9.17, 15) is 14.7 Å². The molecule has 1 amide bonds. The average Bonchev–Trinajstić information content (AvgIpc) is 2.52. The molecule has 23 heavy (non-hydrogen) atoms. The molecule has 0 spiro atoms. The van der Waals surface area contributed by atoms with Crippen molar-refractivity contribution in [1.29, 1.82) is 0 Å². The van der Waals surface area contributed by atoms with E-state index in [1.807, 2.05) is 35.2 Å². The summed E-state index contributed by atoms with van der Waals surface area (Å²) in [6, 6.07) is 5.22. The van der Waals surface area contributed by atoms with Gasteiger partial charge in [0.2, 0.25) is 5.91 Å². The van der Waals surface area contributed by atoms with Gasteiger partial charge in [-0.05, 0) is 0 Å². The molecule has 2 aliphatic rings. The Morgan fingerprint density at radius 3 is 2.65 bits per heavy atom. The summed E-state index contributed by atoms with van der Waals surface area (Å²) in [7, 11) is 0. The summed E-state index contributed by atoms with van der Waals surface area (Å²) in [4.78, 5) is 25.0. The third kappa shape index (κ3) is 3.57. The molecule has 0 saturated carbocycles. The third-order valence-electron chi connectivity index (χ3n) is 4.24. The van der Waals surface area contributed by atoms with Gasteiger partial charge in [0.05, 0.1) is 5.97 Å². The first kappa shape index (κ1) is 20.0. The van der Waals surface area contributed by atoms with E-state index in [-0.39, 0.29) is 42.6 Å². The zero-order valence-corrected chi connectivity index (χ0v) is 14.7. The molecule has 128 valence electrons. The molecule has 0 aromatic carbocycles. The number of nitrogens with two attached hydrogens (primary N) is 1. The minimum Gasteiger partial charge on any atom is -0.549 e. The number of hydrogen-bond acceptors (Lipinski definition) is 5. The topological polar surface area (TPSA) is 90.3 Å². The van der Waals surface area contributed by atoms with Gasteiger partial charge in [-0.1, -0.05) is 6.07 Å².